The first-order valence-corrected chi connectivity index (χ1v) is 4.58. The van der Waals surface area contributed by atoms with Crippen LogP contribution < -0.4 is 22.9 Å². The first kappa shape index (κ1) is 11.8. The van der Waals surface area contributed by atoms with Crippen LogP contribution in [0.5, 0.6) is 0 Å². The number of hydrogen-bond donors (Lipinski definition) is 4. The van der Waals surface area contributed by atoms with E-state index in [2.05, 4.69) is 6.92 Å². The molecule has 2 atom stereocenters. The van der Waals surface area contributed by atoms with Crippen LogP contribution in [0, 0.1) is 5.92 Å². The number of rotatable bonds is 6. The SMILES string of the molecule is CCCC(C(N)CN)C(N)CN. The molecule has 0 rings (SSSR count). The normalized spacial score (nSPS) is 18.8. The van der Waals surface area contributed by atoms with Gasteiger partial charge in [-0.1, -0.05) is 13.3 Å². The Bertz CT molecular complexity index is 97.2. The van der Waals surface area contributed by atoms with Gasteiger partial charge in [0.05, 0.1) is 0 Å². The van der Waals surface area contributed by atoms with Gasteiger partial charge in [0.25, 0.3) is 0 Å². The van der Waals surface area contributed by atoms with Crippen LogP contribution in [-0.2, 0) is 0 Å². The molecule has 2 unspecified atom stereocenters. The van der Waals surface area contributed by atoms with E-state index in [9.17, 15) is 0 Å². The van der Waals surface area contributed by atoms with Gasteiger partial charge in [-0.15, -0.1) is 0 Å². The highest BCUT2D eigenvalue weighted by molar-refractivity contribution is 4.82. The Morgan fingerprint density at radius 1 is 1.00 bits per heavy atom. The van der Waals surface area contributed by atoms with Crippen LogP contribution >= 0.6 is 0 Å². The van der Waals surface area contributed by atoms with E-state index >= 15 is 0 Å². The third kappa shape index (κ3) is 3.49. The number of nitrogens with two attached hydrogens (primary N) is 4. The Labute approximate surface area is 74.7 Å². The van der Waals surface area contributed by atoms with Crippen molar-refractivity contribution in [2.24, 2.45) is 28.9 Å². The van der Waals surface area contributed by atoms with E-state index in [0.29, 0.717) is 13.1 Å². The van der Waals surface area contributed by atoms with Crippen LogP contribution in [0.4, 0.5) is 0 Å². The average Bonchev–Trinajstić information content (AvgIpc) is 2.11. The summed E-state index contributed by atoms with van der Waals surface area (Å²) in [5.41, 5.74) is 22.6. The lowest BCUT2D eigenvalue weighted by Crippen LogP contribution is -2.49. The van der Waals surface area contributed by atoms with E-state index in [1.807, 2.05) is 0 Å². The molecule has 0 aromatic carbocycles. The quantitative estimate of drug-likeness (QED) is 0.413. The molecule has 0 aromatic rings. The van der Waals surface area contributed by atoms with E-state index in [1.165, 1.54) is 0 Å². The molecule has 0 aliphatic rings. The van der Waals surface area contributed by atoms with Crippen LogP contribution in [0.2, 0.25) is 0 Å². The molecule has 0 amide bonds. The van der Waals surface area contributed by atoms with Crippen LogP contribution in [0.1, 0.15) is 19.8 Å². The van der Waals surface area contributed by atoms with E-state index in [0.717, 1.165) is 12.8 Å². The van der Waals surface area contributed by atoms with Gasteiger partial charge in [0, 0.05) is 25.2 Å². The molecule has 0 aliphatic heterocycles. The van der Waals surface area contributed by atoms with Crippen molar-refractivity contribution in [3.8, 4) is 0 Å². The maximum Gasteiger partial charge on any atom is 0.0207 e. The topological polar surface area (TPSA) is 104 Å². The maximum absolute atomic E-state index is 5.82. The summed E-state index contributed by atoms with van der Waals surface area (Å²) in [5, 5.41) is 0. The average molecular weight is 174 g/mol. The van der Waals surface area contributed by atoms with E-state index in [4.69, 9.17) is 22.9 Å². The van der Waals surface area contributed by atoms with Crippen LogP contribution in [0.3, 0.4) is 0 Å². The van der Waals surface area contributed by atoms with Crippen LogP contribution in [-0.4, -0.2) is 25.2 Å². The third-order valence-electron chi connectivity index (χ3n) is 2.27. The Kier molecular flexibility index (Phi) is 6.28. The van der Waals surface area contributed by atoms with Crippen molar-refractivity contribution in [3.63, 3.8) is 0 Å². The first-order valence-electron chi connectivity index (χ1n) is 4.58. The third-order valence-corrected chi connectivity index (χ3v) is 2.27. The van der Waals surface area contributed by atoms with E-state index in [1.54, 1.807) is 0 Å². The summed E-state index contributed by atoms with van der Waals surface area (Å²) in [7, 11) is 0. The highest BCUT2D eigenvalue weighted by atomic mass is 14.8. The monoisotopic (exact) mass is 174 g/mol. The fraction of sp³-hybridized carbons (Fsp3) is 1.00. The van der Waals surface area contributed by atoms with Crippen molar-refractivity contribution in [3.05, 3.63) is 0 Å². The summed E-state index contributed by atoms with van der Waals surface area (Å²) in [6, 6.07) is -0.0213. The molecule has 0 spiro atoms. The van der Waals surface area contributed by atoms with Gasteiger partial charge in [0.1, 0.15) is 0 Å². The molecule has 0 aromatic heterocycles. The molecule has 4 nitrogen and oxygen atoms in total. The Morgan fingerprint density at radius 2 is 1.42 bits per heavy atom. The second kappa shape index (κ2) is 6.37. The minimum absolute atomic E-state index is 0.0106. The summed E-state index contributed by atoms with van der Waals surface area (Å²) in [5.74, 6) is 0.269. The van der Waals surface area contributed by atoms with Crippen LogP contribution in [0.25, 0.3) is 0 Å². The van der Waals surface area contributed by atoms with Gasteiger partial charge >= 0.3 is 0 Å². The van der Waals surface area contributed by atoms with Crippen molar-refractivity contribution in [1.29, 1.82) is 0 Å². The summed E-state index contributed by atoms with van der Waals surface area (Å²) < 4.78 is 0. The molecule has 8 N–H and O–H groups in total. The molecule has 0 heterocycles. The molecular weight excluding hydrogens is 152 g/mol. The van der Waals surface area contributed by atoms with Crippen LogP contribution in [0.15, 0.2) is 0 Å². The smallest absolute Gasteiger partial charge is 0.0207 e. The predicted molar refractivity (Wildman–Crippen MR) is 52.5 cm³/mol. The molecule has 0 bridgehead atoms. The molecule has 0 fully saturated rings. The number of hydrogen-bond acceptors (Lipinski definition) is 4. The van der Waals surface area contributed by atoms with E-state index in [-0.39, 0.29) is 18.0 Å². The van der Waals surface area contributed by atoms with Crippen molar-refractivity contribution in [2.45, 2.75) is 31.8 Å². The lowest BCUT2D eigenvalue weighted by molar-refractivity contribution is 0.332. The Morgan fingerprint density at radius 3 is 1.67 bits per heavy atom. The molecule has 12 heavy (non-hydrogen) atoms. The molecule has 4 heteroatoms. The lowest BCUT2D eigenvalue weighted by atomic mass is 9.88. The second-order valence-corrected chi connectivity index (χ2v) is 3.25. The molecule has 0 saturated heterocycles. The summed E-state index contributed by atoms with van der Waals surface area (Å²) in [6.07, 6.45) is 2.09. The second-order valence-electron chi connectivity index (χ2n) is 3.25. The lowest BCUT2D eigenvalue weighted by Gasteiger charge is -2.27. The van der Waals surface area contributed by atoms with Crippen molar-refractivity contribution < 1.29 is 0 Å². The molecule has 74 valence electrons. The molecule has 0 radical (unpaired) electrons. The van der Waals surface area contributed by atoms with Gasteiger partial charge in [0.2, 0.25) is 0 Å². The van der Waals surface area contributed by atoms with Crippen molar-refractivity contribution >= 4 is 0 Å². The standard InChI is InChI=1S/C8H22N4/c1-2-3-6(7(11)4-9)8(12)5-10/h6-8H,2-5,9-12H2,1H3. The van der Waals surface area contributed by atoms with Crippen molar-refractivity contribution in [1.82, 2.24) is 0 Å². The predicted octanol–water partition coefficient (Wildman–Crippen LogP) is -1.03. The van der Waals surface area contributed by atoms with Gasteiger partial charge < -0.3 is 22.9 Å². The van der Waals surface area contributed by atoms with Gasteiger partial charge in [-0.2, -0.15) is 0 Å². The zero-order valence-electron chi connectivity index (χ0n) is 7.87. The Hall–Kier alpha value is -0.160. The highest BCUT2D eigenvalue weighted by Gasteiger charge is 2.21. The maximum atomic E-state index is 5.82. The minimum Gasteiger partial charge on any atom is -0.329 e. The van der Waals surface area contributed by atoms with Gasteiger partial charge in [0.15, 0.2) is 0 Å². The largest absolute Gasteiger partial charge is 0.329 e. The molecule has 0 aliphatic carbocycles. The molecular formula is C8H22N4. The Balaban J connectivity index is 4.01. The van der Waals surface area contributed by atoms with Gasteiger partial charge in [-0.05, 0) is 12.3 Å². The van der Waals surface area contributed by atoms with Gasteiger partial charge in [-0.25, -0.2) is 0 Å². The summed E-state index contributed by atoms with van der Waals surface area (Å²) in [6.45, 7) is 3.08. The zero-order valence-corrected chi connectivity index (χ0v) is 7.87. The zero-order chi connectivity index (χ0) is 9.56. The van der Waals surface area contributed by atoms with Crippen molar-refractivity contribution in [2.75, 3.05) is 13.1 Å². The fourth-order valence-corrected chi connectivity index (χ4v) is 1.43. The highest BCUT2D eigenvalue weighted by Crippen LogP contribution is 2.12. The summed E-state index contributed by atoms with van der Waals surface area (Å²) in [4.78, 5) is 0. The van der Waals surface area contributed by atoms with E-state index < -0.39 is 0 Å². The first-order chi connectivity index (χ1) is 5.67. The fourth-order valence-electron chi connectivity index (χ4n) is 1.43. The van der Waals surface area contributed by atoms with Gasteiger partial charge in [-0.3, -0.25) is 0 Å². The summed E-state index contributed by atoms with van der Waals surface area (Å²) >= 11 is 0. The minimum atomic E-state index is -0.0106. The molecule has 0 saturated carbocycles.